The minimum absolute atomic E-state index is 0.117. The molecule has 0 heterocycles. The van der Waals surface area contributed by atoms with E-state index < -0.39 is 18.0 Å². The summed E-state index contributed by atoms with van der Waals surface area (Å²) in [5.74, 6) is -1.19. The van der Waals surface area contributed by atoms with Crippen molar-refractivity contribution in [1.82, 2.24) is 21.3 Å². The van der Waals surface area contributed by atoms with Crippen LogP contribution in [0.3, 0.4) is 0 Å². The van der Waals surface area contributed by atoms with Crippen molar-refractivity contribution in [2.45, 2.75) is 37.8 Å². The zero-order chi connectivity index (χ0) is 18.5. The first kappa shape index (κ1) is 21.4. The third kappa shape index (κ3) is 10.2. The zero-order valence-corrected chi connectivity index (χ0v) is 13.9. The van der Waals surface area contributed by atoms with E-state index >= 15 is 0 Å². The Morgan fingerprint density at radius 3 is 1.75 bits per heavy atom. The Balaban J connectivity index is 4.32. The van der Waals surface area contributed by atoms with Crippen LogP contribution in [0.5, 0.6) is 0 Å². The van der Waals surface area contributed by atoms with Gasteiger partial charge >= 0.3 is 0 Å². The fraction of sp³-hybridized carbons (Fsp3) is 0.692. The Labute approximate surface area is 141 Å². The van der Waals surface area contributed by atoms with Gasteiger partial charge < -0.3 is 38.5 Å². The molecule has 0 rings (SSSR count). The summed E-state index contributed by atoms with van der Waals surface area (Å²) in [5.41, 5.74) is 15.7. The lowest BCUT2D eigenvalue weighted by Crippen LogP contribution is -2.51. The maximum Gasteiger partial charge on any atom is 0.240 e. The first-order chi connectivity index (χ1) is 11.3. The number of nitrogens with one attached hydrogen (secondary N) is 6. The van der Waals surface area contributed by atoms with Crippen LogP contribution in [-0.2, 0) is 9.59 Å². The van der Waals surface area contributed by atoms with Crippen LogP contribution in [0.15, 0.2) is 0 Å². The lowest BCUT2D eigenvalue weighted by atomic mass is 10.1. The van der Waals surface area contributed by atoms with Crippen LogP contribution in [0.25, 0.3) is 0 Å². The van der Waals surface area contributed by atoms with Gasteiger partial charge in [-0.05, 0) is 32.7 Å². The Kier molecular flexibility index (Phi) is 10.7. The summed E-state index contributed by atoms with van der Waals surface area (Å²) in [6.07, 6.45) is 2.02. The van der Waals surface area contributed by atoms with Gasteiger partial charge in [-0.2, -0.15) is 0 Å². The Bertz CT molecular complexity index is 441. The van der Waals surface area contributed by atoms with E-state index in [1.165, 1.54) is 0 Å². The van der Waals surface area contributed by atoms with Gasteiger partial charge in [0.25, 0.3) is 0 Å². The maximum atomic E-state index is 12.2. The summed E-state index contributed by atoms with van der Waals surface area (Å²) >= 11 is 0. The molecule has 0 spiro atoms. The number of primary amides is 1. The van der Waals surface area contributed by atoms with Crippen LogP contribution in [0.1, 0.15) is 25.7 Å². The second-order valence-corrected chi connectivity index (χ2v) is 5.27. The molecule has 0 aliphatic heterocycles. The third-order valence-corrected chi connectivity index (χ3v) is 3.29. The van der Waals surface area contributed by atoms with Gasteiger partial charge in [0, 0.05) is 13.1 Å². The van der Waals surface area contributed by atoms with Crippen LogP contribution >= 0.6 is 0 Å². The van der Waals surface area contributed by atoms with E-state index in [0.717, 1.165) is 0 Å². The van der Waals surface area contributed by atoms with Crippen molar-refractivity contribution in [3.05, 3.63) is 0 Å². The van der Waals surface area contributed by atoms with Gasteiger partial charge in [-0.1, -0.05) is 0 Å². The highest BCUT2D eigenvalue weighted by Crippen LogP contribution is 2.01. The fourth-order valence-corrected chi connectivity index (χ4v) is 2.02. The number of guanidine groups is 2. The average molecular weight is 343 g/mol. The first-order valence-electron chi connectivity index (χ1n) is 7.70. The predicted octanol–water partition coefficient (Wildman–Crippen LogP) is -2.93. The second kappa shape index (κ2) is 11.9. The summed E-state index contributed by atoms with van der Waals surface area (Å²) in [6.45, 7) is 0.901. The molecule has 12 N–H and O–H groups in total. The van der Waals surface area contributed by atoms with E-state index in [2.05, 4.69) is 21.3 Å². The number of rotatable bonds is 12. The molecule has 0 saturated carbocycles. The molecule has 0 bridgehead atoms. The molecular formula is C13H29N9O2. The van der Waals surface area contributed by atoms with Crippen molar-refractivity contribution in [1.29, 1.82) is 10.8 Å². The molecule has 11 heteroatoms. The number of amides is 2. The smallest absolute Gasteiger partial charge is 0.240 e. The number of hydrogen-bond donors (Lipinski definition) is 9. The number of hydrogen-bond acceptors (Lipinski definition) is 5. The molecule has 0 fully saturated rings. The van der Waals surface area contributed by atoms with E-state index in [9.17, 15) is 9.59 Å². The number of carbonyl (C=O) groups excluding carboxylic acids is 2. The molecule has 0 unspecified atom stereocenters. The summed E-state index contributed by atoms with van der Waals surface area (Å²) in [6, 6.07) is -1.26. The largest absolute Gasteiger partial charge is 0.370 e. The van der Waals surface area contributed by atoms with Gasteiger partial charge in [0.05, 0.1) is 6.04 Å². The fourth-order valence-electron chi connectivity index (χ4n) is 2.02. The summed E-state index contributed by atoms with van der Waals surface area (Å²) in [5, 5.41) is 24.9. The van der Waals surface area contributed by atoms with Crippen LogP contribution < -0.4 is 38.5 Å². The highest BCUT2D eigenvalue weighted by Gasteiger charge is 2.22. The molecule has 2 amide bonds. The van der Waals surface area contributed by atoms with Gasteiger partial charge in [0.2, 0.25) is 11.8 Å². The highest BCUT2D eigenvalue weighted by molar-refractivity contribution is 5.89. The van der Waals surface area contributed by atoms with E-state index in [1.54, 1.807) is 7.05 Å². The number of likely N-dealkylation sites (N-methyl/N-ethyl adjacent to an activating group) is 1. The van der Waals surface area contributed by atoms with Gasteiger partial charge in [0.15, 0.2) is 11.9 Å². The topological polar surface area (TPSA) is 208 Å². The van der Waals surface area contributed by atoms with Crippen molar-refractivity contribution in [3.8, 4) is 0 Å². The molecule has 2 atom stereocenters. The molecule has 138 valence electrons. The zero-order valence-electron chi connectivity index (χ0n) is 13.9. The molecule has 24 heavy (non-hydrogen) atoms. The molecule has 0 saturated heterocycles. The van der Waals surface area contributed by atoms with Crippen LogP contribution in [0.4, 0.5) is 0 Å². The summed E-state index contributed by atoms with van der Waals surface area (Å²) < 4.78 is 0. The molecule has 0 radical (unpaired) electrons. The highest BCUT2D eigenvalue weighted by atomic mass is 16.2. The maximum absolute atomic E-state index is 12.2. The van der Waals surface area contributed by atoms with Crippen LogP contribution in [-0.4, -0.2) is 56.0 Å². The normalized spacial score (nSPS) is 12.7. The lowest BCUT2D eigenvalue weighted by molar-refractivity contribution is -0.128. The number of nitrogens with two attached hydrogens (primary N) is 3. The van der Waals surface area contributed by atoms with Gasteiger partial charge in [-0.15, -0.1) is 0 Å². The van der Waals surface area contributed by atoms with Gasteiger partial charge in [-0.25, -0.2) is 0 Å². The minimum atomic E-state index is -0.780. The standard InChI is InChI=1S/C13H29N9O2/c1-19-9(5-3-7-21-13(17)18)11(24)22-8(10(14)23)4-2-6-20-12(15)16/h8-9,19H,2-7H2,1H3,(H2,14,23)(H,22,24)(H4,15,16,20)(H4,17,18,21)/t8-,9-/m0/s1. The molecule has 0 aliphatic carbocycles. The lowest BCUT2D eigenvalue weighted by Gasteiger charge is -2.21. The molecular weight excluding hydrogens is 314 g/mol. The second-order valence-electron chi connectivity index (χ2n) is 5.27. The average Bonchev–Trinajstić information content (AvgIpc) is 2.49. The predicted molar refractivity (Wildman–Crippen MR) is 92.3 cm³/mol. The van der Waals surface area contributed by atoms with E-state index in [1.807, 2.05) is 0 Å². The summed E-state index contributed by atoms with van der Waals surface area (Å²) in [7, 11) is 1.65. The quantitative estimate of drug-likeness (QED) is 0.102. The molecule has 0 aliphatic rings. The number of carbonyl (C=O) groups is 2. The minimum Gasteiger partial charge on any atom is -0.370 e. The Morgan fingerprint density at radius 1 is 0.917 bits per heavy atom. The van der Waals surface area contributed by atoms with E-state index in [0.29, 0.717) is 38.8 Å². The van der Waals surface area contributed by atoms with E-state index in [-0.39, 0.29) is 17.8 Å². The molecule has 0 aromatic rings. The summed E-state index contributed by atoms with van der Waals surface area (Å²) in [4.78, 5) is 23.7. The van der Waals surface area contributed by atoms with Crippen LogP contribution in [0, 0.1) is 10.8 Å². The van der Waals surface area contributed by atoms with Gasteiger partial charge in [-0.3, -0.25) is 20.4 Å². The van der Waals surface area contributed by atoms with Crippen molar-refractivity contribution in [3.63, 3.8) is 0 Å². The first-order valence-corrected chi connectivity index (χ1v) is 7.70. The van der Waals surface area contributed by atoms with Crippen molar-refractivity contribution in [2.24, 2.45) is 17.2 Å². The molecule has 0 aromatic carbocycles. The van der Waals surface area contributed by atoms with Gasteiger partial charge in [0.1, 0.15) is 6.04 Å². The molecule has 11 nitrogen and oxygen atoms in total. The third-order valence-electron chi connectivity index (χ3n) is 3.29. The molecule has 0 aromatic heterocycles. The van der Waals surface area contributed by atoms with Crippen molar-refractivity contribution < 1.29 is 9.59 Å². The Morgan fingerprint density at radius 2 is 1.38 bits per heavy atom. The van der Waals surface area contributed by atoms with E-state index in [4.69, 9.17) is 28.0 Å². The van der Waals surface area contributed by atoms with Crippen LogP contribution in [0.2, 0.25) is 0 Å². The SMILES string of the molecule is CN[C@@H](CCCNC(=N)N)C(=O)N[C@@H](CCCNC(=N)N)C(N)=O. The van der Waals surface area contributed by atoms with Crippen molar-refractivity contribution >= 4 is 23.7 Å². The van der Waals surface area contributed by atoms with Crippen molar-refractivity contribution in [2.75, 3.05) is 20.1 Å². The Hall–Kier alpha value is -2.56. The monoisotopic (exact) mass is 343 g/mol.